The second-order valence-corrected chi connectivity index (χ2v) is 4.15. The number of halogens is 1. The van der Waals surface area contributed by atoms with Crippen LogP contribution in [0.2, 0.25) is 0 Å². The molecule has 110 valence electrons. The van der Waals surface area contributed by atoms with Crippen LogP contribution in [0.4, 0.5) is 4.39 Å². The summed E-state index contributed by atoms with van der Waals surface area (Å²) in [7, 11) is 1.25. The zero-order valence-electron chi connectivity index (χ0n) is 11.0. The van der Waals surface area contributed by atoms with Gasteiger partial charge in [0.2, 0.25) is 11.8 Å². The molecule has 6 nitrogen and oxygen atoms in total. The van der Waals surface area contributed by atoms with Gasteiger partial charge in [0.25, 0.3) is 0 Å². The molecule has 0 bridgehead atoms. The fourth-order valence-electron chi connectivity index (χ4n) is 1.75. The third-order valence-electron chi connectivity index (χ3n) is 2.78. The summed E-state index contributed by atoms with van der Waals surface area (Å²) in [5.41, 5.74) is -0.00653. The van der Waals surface area contributed by atoms with Crippen LogP contribution in [0.5, 0.6) is 5.75 Å². The minimum absolute atomic E-state index is 0. The van der Waals surface area contributed by atoms with Gasteiger partial charge in [-0.3, -0.25) is 19.3 Å². The molecule has 3 amide bonds. The number of amides is 3. The van der Waals surface area contributed by atoms with E-state index in [0.717, 1.165) is 6.07 Å². The van der Waals surface area contributed by atoms with Crippen molar-refractivity contribution in [1.82, 2.24) is 5.32 Å². The summed E-state index contributed by atoms with van der Waals surface area (Å²) in [4.78, 5) is 34.3. The summed E-state index contributed by atoms with van der Waals surface area (Å²) in [6, 6.07) is 3.79. The van der Waals surface area contributed by atoms with Crippen LogP contribution in [0.3, 0.4) is 0 Å². The van der Waals surface area contributed by atoms with Gasteiger partial charge < -0.3 is 14.8 Å². The Morgan fingerprint density at radius 1 is 1.48 bits per heavy atom. The van der Waals surface area contributed by atoms with Crippen molar-refractivity contribution in [1.29, 1.82) is 0 Å². The van der Waals surface area contributed by atoms with Crippen molar-refractivity contribution in [3.8, 4) is 5.75 Å². The molecule has 0 saturated carbocycles. The predicted octanol–water partition coefficient (Wildman–Crippen LogP) is 0.951. The molecule has 1 unspecified atom stereocenters. The number of carbonyl (C=O) groups excluding carboxylic acids is 3. The molecule has 8 heteroatoms. The fourth-order valence-corrected chi connectivity index (χ4v) is 1.75. The van der Waals surface area contributed by atoms with Gasteiger partial charge in [-0.05, 0) is 18.4 Å². The second-order valence-electron chi connectivity index (χ2n) is 4.15. The number of piperidine rings is 1. The molecule has 0 aliphatic carbocycles. The van der Waals surface area contributed by atoms with Gasteiger partial charge in [-0.2, -0.15) is 0 Å². The molecule has 1 heterocycles. The van der Waals surface area contributed by atoms with E-state index in [0.29, 0.717) is 0 Å². The molecule has 21 heavy (non-hydrogen) atoms. The van der Waals surface area contributed by atoms with E-state index in [4.69, 9.17) is 4.74 Å². The molecular weight excluding hydrogens is 451 g/mol. The molecule has 2 rings (SSSR count). The zero-order chi connectivity index (χ0) is 14.7. The smallest absolute Gasteiger partial charge is 0.684 e. The number of hydrogen-bond acceptors (Lipinski definition) is 4. The van der Waals surface area contributed by atoms with Gasteiger partial charge in [-0.1, -0.05) is 6.07 Å². The van der Waals surface area contributed by atoms with Crippen LogP contribution >= 0.6 is 0 Å². The van der Waals surface area contributed by atoms with Crippen LogP contribution in [0.15, 0.2) is 12.1 Å². The fraction of sp³-hybridized carbons (Fsp3) is 0.308. The quantitative estimate of drug-likeness (QED) is 0.536. The molecule has 0 aromatic heterocycles. The SMILES string of the molecule is COc1[c-]c(C(=O)[N-]C2CCC(=O)NC2=O)ccc1F.[W+2]. The number of nitrogens with one attached hydrogen (secondary N) is 1. The van der Waals surface area contributed by atoms with Crippen molar-refractivity contribution in [3.63, 3.8) is 0 Å². The molecule has 1 saturated heterocycles. The van der Waals surface area contributed by atoms with Crippen LogP contribution in [-0.4, -0.2) is 30.9 Å². The van der Waals surface area contributed by atoms with Crippen LogP contribution in [0.1, 0.15) is 23.2 Å². The molecule has 1 aromatic carbocycles. The van der Waals surface area contributed by atoms with E-state index in [1.165, 1.54) is 13.2 Å². The molecule has 1 aromatic rings. The van der Waals surface area contributed by atoms with Gasteiger partial charge in [0.15, 0.2) is 0 Å². The van der Waals surface area contributed by atoms with E-state index in [2.05, 4.69) is 16.7 Å². The van der Waals surface area contributed by atoms with Gasteiger partial charge >= 0.3 is 21.1 Å². The Balaban J connectivity index is 0.00000220. The summed E-state index contributed by atoms with van der Waals surface area (Å²) in [6.45, 7) is 0. The number of methoxy groups -OCH3 is 1. The number of rotatable bonds is 3. The molecule has 1 atom stereocenters. The van der Waals surface area contributed by atoms with Crippen molar-refractivity contribution in [2.45, 2.75) is 18.9 Å². The van der Waals surface area contributed by atoms with E-state index in [1.54, 1.807) is 0 Å². The predicted molar refractivity (Wildman–Crippen MR) is 65.6 cm³/mol. The van der Waals surface area contributed by atoms with E-state index < -0.39 is 23.7 Å². The average Bonchev–Trinajstić information content (AvgIpc) is 2.42. The van der Waals surface area contributed by atoms with E-state index >= 15 is 0 Å². The average molecular weight is 462 g/mol. The van der Waals surface area contributed by atoms with Crippen LogP contribution in [-0.2, 0) is 30.7 Å². The Morgan fingerprint density at radius 3 is 2.81 bits per heavy atom. The summed E-state index contributed by atoms with van der Waals surface area (Å²) < 4.78 is 17.9. The van der Waals surface area contributed by atoms with E-state index in [9.17, 15) is 18.8 Å². The normalized spacial score (nSPS) is 17.5. The Kier molecular flexibility index (Phi) is 6.02. The molecule has 1 aliphatic rings. The van der Waals surface area contributed by atoms with Gasteiger partial charge in [-0.15, -0.1) is 17.7 Å². The molecule has 0 spiro atoms. The van der Waals surface area contributed by atoms with Crippen molar-refractivity contribution >= 4 is 17.7 Å². The summed E-state index contributed by atoms with van der Waals surface area (Å²) >= 11 is 0. The minimum atomic E-state index is -0.912. The first kappa shape index (κ1) is 17.3. The third kappa shape index (κ3) is 4.11. The Morgan fingerprint density at radius 2 is 2.19 bits per heavy atom. The maximum Gasteiger partial charge on any atom is 2.00 e. The van der Waals surface area contributed by atoms with Gasteiger partial charge in [0.05, 0.1) is 18.7 Å². The summed E-state index contributed by atoms with van der Waals surface area (Å²) in [5.74, 6) is -2.55. The van der Waals surface area contributed by atoms with Crippen molar-refractivity contribution in [2.75, 3.05) is 7.11 Å². The summed E-state index contributed by atoms with van der Waals surface area (Å²) in [5, 5.41) is 5.81. The largest absolute Gasteiger partial charge is 2.00 e. The Labute approximate surface area is 134 Å². The van der Waals surface area contributed by atoms with Crippen molar-refractivity contribution < 1.29 is 44.6 Å². The molecule has 1 N–H and O–H groups in total. The number of benzene rings is 1. The van der Waals surface area contributed by atoms with Gasteiger partial charge in [0, 0.05) is 6.42 Å². The number of imide groups is 1. The number of carbonyl (C=O) groups is 3. The van der Waals surface area contributed by atoms with E-state index in [1.807, 2.05) is 0 Å². The maximum atomic E-state index is 13.2. The number of nitrogens with zero attached hydrogens (tertiary/aromatic N) is 1. The molecule has 0 radical (unpaired) electrons. The van der Waals surface area contributed by atoms with Crippen molar-refractivity contribution in [3.05, 3.63) is 34.9 Å². The van der Waals surface area contributed by atoms with E-state index in [-0.39, 0.29) is 51.1 Å². The minimum Gasteiger partial charge on any atom is -0.684 e. The standard InChI is InChI=1S/C13H12FN2O4.W/c1-20-10-6-7(2-3-8(10)14)12(18)15-9-4-5-11(17)16-13(9)19;/h2-3,9H,4-5H2,1H3,(H2,15,16,17,18,19);/q-1;+2/p-1. The zero-order valence-corrected chi connectivity index (χ0v) is 13.9. The monoisotopic (exact) mass is 462 g/mol. The summed E-state index contributed by atoms with van der Waals surface area (Å²) in [6.07, 6.45) is 0.304. The number of ether oxygens (including phenoxy) is 1. The van der Waals surface area contributed by atoms with Crippen molar-refractivity contribution in [2.24, 2.45) is 0 Å². The van der Waals surface area contributed by atoms with Gasteiger partial charge in [-0.25, -0.2) is 0 Å². The molecule has 1 aliphatic heterocycles. The van der Waals surface area contributed by atoms with Gasteiger partial charge in [0.1, 0.15) is 0 Å². The Bertz CT molecular complexity index is 579. The maximum absolute atomic E-state index is 13.2. The third-order valence-corrected chi connectivity index (χ3v) is 2.78. The first-order valence-electron chi connectivity index (χ1n) is 5.86. The van der Waals surface area contributed by atoms with Crippen LogP contribution in [0.25, 0.3) is 5.32 Å². The first-order valence-corrected chi connectivity index (χ1v) is 5.86. The Hall–Kier alpha value is -1.75. The molecular formula is C13H11FN2O4W. The van der Waals surface area contributed by atoms with Crippen LogP contribution in [0, 0.1) is 11.9 Å². The topological polar surface area (TPSA) is 86.6 Å². The molecule has 1 fully saturated rings. The second kappa shape index (κ2) is 7.31. The number of hydrogen-bond donors (Lipinski definition) is 1. The first-order chi connectivity index (χ1) is 9.51. The van der Waals surface area contributed by atoms with Crippen LogP contribution < -0.4 is 10.1 Å².